The third kappa shape index (κ3) is 4.51. The van der Waals surface area contributed by atoms with E-state index in [9.17, 15) is 13.6 Å². The van der Waals surface area contributed by atoms with Crippen LogP contribution in [0.2, 0.25) is 0 Å². The number of benzene rings is 1. The minimum absolute atomic E-state index is 0.0300. The molecule has 0 amide bonds. The van der Waals surface area contributed by atoms with E-state index in [0.717, 1.165) is 10.2 Å². The summed E-state index contributed by atoms with van der Waals surface area (Å²) in [6, 6.07) is 11.1. The molecule has 124 valence electrons. The summed E-state index contributed by atoms with van der Waals surface area (Å²) in [6.45, 7) is 1.82. The first-order chi connectivity index (χ1) is 11.0. The third-order valence-corrected chi connectivity index (χ3v) is 3.21. The molecule has 2 aromatic rings. The number of carbonyl (C=O) groups excluding carboxylic acids is 1. The molecule has 1 heterocycles. The topological polar surface area (TPSA) is 47.4 Å². The molecule has 1 aromatic carbocycles. The molecule has 5 nitrogen and oxygen atoms in total. The summed E-state index contributed by atoms with van der Waals surface area (Å²) in [5.41, 5.74) is 1.06. The molecule has 0 bridgehead atoms. The number of alkyl halides is 2. The van der Waals surface area contributed by atoms with Crippen LogP contribution in [-0.4, -0.2) is 35.8 Å². The van der Waals surface area contributed by atoms with E-state index in [1.165, 1.54) is 6.07 Å². The minimum atomic E-state index is -2.56. The third-order valence-electron chi connectivity index (χ3n) is 3.21. The second kappa shape index (κ2) is 7.71. The van der Waals surface area contributed by atoms with Crippen molar-refractivity contribution >= 4 is 11.8 Å². The zero-order valence-electron chi connectivity index (χ0n) is 13.1. The summed E-state index contributed by atoms with van der Waals surface area (Å²) < 4.78 is 31.5. The lowest BCUT2D eigenvalue weighted by atomic mass is 10.2. The highest BCUT2D eigenvalue weighted by atomic mass is 19.3. The molecule has 0 spiro atoms. The predicted molar refractivity (Wildman–Crippen MR) is 82.7 cm³/mol. The maximum Gasteiger partial charge on any atom is 0.358 e. The lowest BCUT2D eigenvalue weighted by molar-refractivity contribution is 0.0516. The number of rotatable bonds is 7. The molecule has 0 radical (unpaired) electrons. The second-order valence-corrected chi connectivity index (χ2v) is 5.02. The van der Waals surface area contributed by atoms with Crippen LogP contribution in [0.4, 0.5) is 14.6 Å². The van der Waals surface area contributed by atoms with Crippen LogP contribution in [0.5, 0.6) is 0 Å². The van der Waals surface area contributed by atoms with Crippen LogP contribution < -0.4 is 4.90 Å². The summed E-state index contributed by atoms with van der Waals surface area (Å²) in [7, 11) is 1.76. The number of aromatic nitrogens is 2. The van der Waals surface area contributed by atoms with Crippen LogP contribution in [0, 0.1) is 0 Å². The molecule has 1 aromatic heterocycles. The lowest BCUT2D eigenvalue weighted by Gasteiger charge is -2.20. The number of carbonyl (C=O) groups is 1. The number of hydrogen-bond donors (Lipinski definition) is 0. The van der Waals surface area contributed by atoms with Gasteiger partial charge in [-0.15, -0.1) is 0 Å². The first-order valence-corrected chi connectivity index (χ1v) is 7.29. The lowest BCUT2D eigenvalue weighted by Crippen LogP contribution is -2.22. The molecule has 0 unspecified atom stereocenters. The molecule has 0 fully saturated rings. The van der Waals surface area contributed by atoms with E-state index in [0.29, 0.717) is 12.4 Å². The predicted octanol–water partition coefficient (Wildman–Crippen LogP) is 2.96. The number of hydrogen-bond acceptors (Lipinski definition) is 4. The second-order valence-electron chi connectivity index (χ2n) is 5.02. The van der Waals surface area contributed by atoms with Crippen LogP contribution in [0.3, 0.4) is 0 Å². The van der Waals surface area contributed by atoms with Gasteiger partial charge in [-0.3, -0.25) is 0 Å². The molecule has 23 heavy (non-hydrogen) atoms. The van der Waals surface area contributed by atoms with E-state index in [-0.39, 0.29) is 12.3 Å². The Hall–Kier alpha value is -2.44. The first-order valence-electron chi connectivity index (χ1n) is 7.29. The molecule has 0 saturated carbocycles. The normalized spacial score (nSPS) is 10.8. The summed E-state index contributed by atoms with van der Waals surface area (Å²) in [4.78, 5) is 13.5. The Balaban J connectivity index is 2.25. The van der Waals surface area contributed by atoms with E-state index < -0.39 is 18.9 Å². The maximum absolute atomic E-state index is 12.8. The van der Waals surface area contributed by atoms with Crippen molar-refractivity contribution < 1.29 is 18.3 Å². The zero-order valence-corrected chi connectivity index (χ0v) is 13.1. The van der Waals surface area contributed by atoms with E-state index >= 15 is 0 Å². The Bertz CT molecular complexity index is 644. The van der Waals surface area contributed by atoms with Crippen molar-refractivity contribution in [2.75, 3.05) is 18.6 Å². The quantitative estimate of drug-likeness (QED) is 0.735. The molecule has 0 atom stereocenters. The van der Waals surface area contributed by atoms with Crippen molar-refractivity contribution in [3.8, 4) is 0 Å². The SMILES string of the molecule is CCOC(=O)c1cc(N(C)Cc2ccccc2)n(CC(F)F)n1. The molecule has 0 N–H and O–H groups in total. The first kappa shape index (κ1) is 16.9. The fourth-order valence-corrected chi connectivity index (χ4v) is 2.22. The van der Waals surface area contributed by atoms with Crippen LogP contribution >= 0.6 is 0 Å². The van der Waals surface area contributed by atoms with Gasteiger partial charge in [0.1, 0.15) is 12.4 Å². The smallest absolute Gasteiger partial charge is 0.358 e. The molecular weight excluding hydrogens is 304 g/mol. The van der Waals surface area contributed by atoms with Gasteiger partial charge in [0.2, 0.25) is 0 Å². The van der Waals surface area contributed by atoms with E-state index in [4.69, 9.17) is 4.74 Å². The van der Waals surface area contributed by atoms with Crippen molar-refractivity contribution in [2.24, 2.45) is 0 Å². The molecule has 0 aliphatic rings. The largest absolute Gasteiger partial charge is 0.461 e. The Kier molecular flexibility index (Phi) is 5.67. The van der Waals surface area contributed by atoms with Crippen molar-refractivity contribution in [2.45, 2.75) is 26.4 Å². The van der Waals surface area contributed by atoms with Crippen molar-refractivity contribution in [1.29, 1.82) is 0 Å². The van der Waals surface area contributed by atoms with Gasteiger partial charge in [-0.2, -0.15) is 5.10 Å². The van der Waals surface area contributed by atoms with E-state index in [2.05, 4.69) is 5.10 Å². The minimum Gasteiger partial charge on any atom is -0.461 e. The molecule has 0 aliphatic heterocycles. The number of nitrogens with zero attached hydrogens (tertiary/aromatic N) is 3. The Morgan fingerprint density at radius 1 is 1.35 bits per heavy atom. The summed E-state index contributed by atoms with van der Waals surface area (Å²) >= 11 is 0. The Labute approximate surface area is 133 Å². The van der Waals surface area contributed by atoms with E-state index in [1.54, 1.807) is 18.9 Å². The van der Waals surface area contributed by atoms with Gasteiger partial charge in [0, 0.05) is 19.7 Å². The van der Waals surface area contributed by atoms with Gasteiger partial charge >= 0.3 is 5.97 Å². The van der Waals surface area contributed by atoms with Gasteiger partial charge < -0.3 is 9.64 Å². The summed E-state index contributed by atoms with van der Waals surface area (Å²) in [5, 5.41) is 3.95. The number of esters is 1. The number of ether oxygens (including phenoxy) is 1. The molecule has 2 rings (SSSR count). The highest BCUT2D eigenvalue weighted by molar-refractivity contribution is 5.88. The average Bonchev–Trinajstić information content (AvgIpc) is 2.92. The highest BCUT2D eigenvalue weighted by Crippen LogP contribution is 2.19. The maximum atomic E-state index is 12.8. The Morgan fingerprint density at radius 3 is 2.65 bits per heavy atom. The van der Waals surface area contributed by atoms with Crippen molar-refractivity contribution in [1.82, 2.24) is 9.78 Å². The fourth-order valence-electron chi connectivity index (χ4n) is 2.22. The van der Waals surface area contributed by atoms with Crippen molar-refractivity contribution in [3.63, 3.8) is 0 Å². The average molecular weight is 323 g/mol. The van der Waals surface area contributed by atoms with Crippen molar-refractivity contribution in [3.05, 3.63) is 47.7 Å². The highest BCUT2D eigenvalue weighted by Gasteiger charge is 2.20. The van der Waals surface area contributed by atoms with Gasteiger partial charge in [0.25, 0.3) is 6.43 Å². The van der Waals surface area contributed by atoms with Gasteiger partial charge in [0.15, 0.2) is 5.69 Å². The molecular formula is C16H19F2N3O2. The van der Waals surface area contributed by atoms with Crippen LogP contribution in [0.1, 0.15) is 23.0 Å². The van der Waals surface area contributed by atoms with Gasteiger partial charge in [-0.25, -0.2) is 18.3 Å². The van der Waals surface area contributed by atoms with Gasteiger partial charge in [-0.1, -0.05) is 30.3 Å². The van der Waals surface area contributed by atoms with Gasteiger partial charge in [0.05, 0.1) is 6.61 Å². The number of anilines is 1. The summed E-state index contributed by atoms with van der Waals surface area (Å²) in [5.74, 6) is -0.174. The Morgan fingerprint density at radius 2 is 2.04 bits per heavy atom. The monoisotopic (exact) mass is 323 g/mol. The molecule has 7 heteroatoms. The van der Waals surface area contributed by atoms with Gasteiger partial charge in [-0.05, 0) is 12.5 Å². The summed E-state index contributed by atoms with van der Waals surface area (Å²) in [6.07, 6.45) is -2.56. The van der Waals surface area contributed by atoms with Crippen LogP contribution in [-0.2, 0) is 17.8 Å². The van der Waals surface area contributed by atoms with Crippen LogP contribution in [0.15, 0.2) is 36.4 Å². The molecule has 0 aliphatic carbocycles. The number of halogens is 2. The standard InChI is InChI=1S/C16H19F2N3O2/c1-3-23-16(22)13-9-15(21(19-13)11-14(17)18)20(2)10-12-7-5-4-6-8-12/h4-9,14H,3,10-11H2,1-2H3. The fraction of sp³-hybridized carbons (Fsp3) is 0.375. The van der Waals surface area contributed by atoms with E-state index in [1.807, 2.05) is 30.3 Å². The van der Waals surface area contributed by atoms with Crippen LogP contribution in [0.25, 0.3) is 0 Å². The zero-order chi connectivity index (χ0) is 16.8. The molecule has 0 saturated heterocycles.